The van der Waals surface area contributed by atoms with Gasteiger partial charge in [0.15, 0.2) is 5.13 Å². The Bertz CT molecular complexity index is 534. The van der Waals surface area contributed by atoms with Crippen LogP contribution in [0.1, 0.15) is 18.4 Å². The number of thiazole rings is 1. The SMILES string of the molecule is Cc1ccc2sc(NCCCC(F)(F)F)nc2c1. The highest BCUT2D eigenvalue weighted by Crippen LogP contribution is 2.27. The van der Waals surface area contributed by atoms with Gasteiger partial charge in [-0.15, -0.1) is 0 Å². The van der Waals surface area contributed by atoms with Gasteiger partial charge in [-0.1, -0.05) is 17.4 Å². The molecule has 18 heavy (non-hydrogen) atoms. The first-order valence-electron chi connectivity index (χ1n) is 5.62. The van der Waals surface area contributed by atoms with Crippen LogP contribution in [0.3, 0.4) is 0 Å². The molecule has 0 unspecified atom stereocenters. The maximum absolute atomic E-state index is 12.0. The number of rotatable bonds is 4. The largest absolute Gasteiger partial charge is 0.389 e. The lowest BCUT2D eigenvalue weighted by atomic mass is 10.2. The quantitative estimate of drug-likeness (QED) is 0.838. The second-order valence-electron chi connectivity index (χ2n) is 4.14. The molecule has 1 aromatic heterocycles. The van der Waals surface area contributed by atoms with Crippen LogP contribution in [0.2, 0.25) is 0 Å². The van der Waals surface area contributed by atoms with Gasteiger partial charge in [0.2, 0.25) is 0 Å². The molecule has 0 spiro atoms. The Balaban J connectivity index is 1.92. The van der Waals surface area contributed by atoms with Gasteiger partial charge in [0.05, 0.1) is 10.2 Å². The Morgan fingerprint density at radius 2 is 2.11 bits per heavy atom. The van der Waals surface area contributed by atoms with Gasteiger partial charge in [-0.3, -0.25) is 0 Å². The molecule has 0 saturated carbocycles. The van der Waals surface area contributed by atoms with E-state index in [1.165, 1.54) is 11.3 Å². The van der Waals surface area contributed by atoms with Crippen molar-refractivity contribution in [2.75, 3.05) is 11.9 Å². The van der Waals surface area contributed by atoms with Gasteiger partial charge in [0.1, 0.15) is 0 Å². The van der Waals surface area contributed by atoms with E-state index in [0.717, 1.165) is 15.8 Å². The van der Waals surface area contributed by atoms with Crippen molar-refractivity contribution >= 4 is 26.7 Å². The highest BCUT2D eigenvalue weighted by molar-refractivity contribution is 7.22. The molecule has 6 heteroatoms. The molecule has 1 N–H and O–H groups in total. The minimum absolute atomic E-state index is 0.0679. The maximum Gasteiger partial charge on any atom is 0.389 e. The van der Waals surface area contributed by atoms with Crippen molar-refractivity contribution in [2.24, 2.45) is 0 Å². The summed E-state index contributed by atoms with van der Waals surface area (Å²) >= 11 is 1.46. The molecule has 0 saturated heterocycles. The van der Waals surface area contributed by atoms with Crippen molar-refractivity contribution in [1.29, 1.82) is 0 Å². The smallest absolute Gasteiger partial charge is 0.361 e. The number of hydrogen-bond donors (Lipinski definition) is 1. The normalized spacial score (nSPS) is 12.0. The molecular weight excluding hydrogens is 261 g/mol. The second-order valence-corrected chi connectivity index (χ2v) is 5.17. The van der Waals surface area contributed by atoms with Crippen LogP contribution in [0.4, 0.5) is 18.3 Å². The van der Waals surface area contributed by atoms with E-state index in [4.69, 9.17) is 0 Å². The van der Waals surface area contributed by atoms with Crippen LogP contribution in [-0.4, -0.2) is 17.7 Å². The van der Waals surface area contributed by atoms with Crippen molar-refractivity contribution in [3.63, 3.8) is 0 Å². The minimum Gasteiger partial charge on any atom is -0.361 e. The minimum atomic E-state index is -4.08. The molecule has 0 aliphatic rings. The van der Waals surface area contributed by atoms with Crippen LogP contribution >= 0.6 is 11.3 Å². The molecule has 2 aromatic rings. The topological polar surface area (TPSA) is 24.9 Å². The zero-order valence-corrected chi connectivity index (χ0v) is 10.7. The monoisotopic (exact) mass is 274 g/mol. The summed E-state index contributed by atoms with van der Waals surface area (Å²) in [5, 5.41) is 3.61. The van der Waals surface area contributed by atoms with Gasteiger partial charge in [-0.25, -0.2) is 4.98 Å². The molecule has 0 fully saturated rings. The van der Waals surface area contributed by atoms with Crippen molar-refractivity contribution in [3.05, 3.63) is 23.8 Å². The molecule has 0 radical (unpaired) electrons. The van der Waals surface area contributed by atoms with Crippen LogP contribution in [-0.2, 0) is 0 Å². The molecule has 98 valence electrons. The third-order valence-corrected chi connectivity index (χ3v) is 3.45. The Kier molecular flexibility index (Phi) is 3.75. The van der Waals surface area contributed by atoms with E-state index in [-0.39, 0.29) is 13.0 Å². The van der Waals surface area contributed by atoms with Crippen molar-refractivity contribution in [1.82, 2.24) is 4.98 Å². The number of nitrogens with zero attached hydrogens (tertiary/aromatic N) is 1. The van der Waals surface area contributed by atoms with Gasteiger partial charge in [-0.2, -0.15) is 13.2 Å². The average Bonchev–Trinajstić information content (AvgIpc) is 2.65. The molecule has 0 aliphatic heterocycles. The van der Waals surface area contributed by atoms with Gasteiger partial charge in [0, 0.05) is 13.0 Å². The maximum atomic E-state index is 12.0. The van der Waals surface area contributed by atoms with E-state index in [0.29, 0.717) is 5.13 Å². The standard InChI is InChI=1S/C12H13F3N2S/c1-8-3-4-10-9(7-8)17-11(18-10)16-6-2-5-12(13,14)15/h3-4,7H,2,5-6H2,1H3,(H,16,17). The number of benzene rings is 1. The van der Waals surface area contributed by atoms with Crippen molar-refractivity contribution in [2.45, 2.75) is 25.9 Å². The first-order chi connectivity index (χ1) is 8.44. The van der Waals surface area contributed by atoms with E-state index >= 15 is 0 Å². The molecule has 1 heterocycles. The van der Waals surface area contributed by atoms with Gasteiger partial charge < -0.3 is 5.32 Å². The highest BCUT2D eigenvalue weighted by Gasteiger charge is 2.25. The lowest BCUT2D eigenvalue weighted by Crippen LogP contribution is -2.10. The number of aromatic nitrogens is 1. The zero-order valence-electron chi connectivity index (χ0n) is 9.84. The number of anilines is 1. The van der Waals surface area contributed by atoms with Gasteiger partial charge in [0.25, 0.3) is 0 Å². The number of alkyl halides is 3. The number of fused-ring (bicyclic) bond motifs is 1. The van der Waals surface area contributed by atoms with Crippen molar-refractivity contribution in [3.8, 4) is 0 Å². The Labute approximate surface area is 107 Å². The molecule has 1 aromatic carbocycles. The number of hydrogen-bond acceptors (Lipinski definition) is 3. The zero-order chi connectivity index (χ0) is 13.2. The summed E-state index contributed by atoms with van der Waals surface area (Å²) in [4.78, 5) is 4.33. The van der Waals surface area contributed by atoms with Gasteiger partial charge in [-0.05, 0) is 31.0 Å². The van der Waals surface area contributed by atoms with Crippen LogP contribution in [0.5, 0.6) is 0 Å². The Hall–Kier alpha value is -1.30. The lowest BCUT2D eigenvalue weighted by Gasteiger charge is -2.05. The summed E-state index contributed by atoms with van der Waals surface area (Å²) in [6.07, 6.45) is -4.77. The molecule has 0 amide bonds. The van der Waals surface area contributed by atoms with E-state index in [1.54, 1.807) is 0 Å². The molecule has 0 aliphatic carbocycles. The summed E-state index contributed by atoms with van der Waals surface area (Å²) in [5.74, 6) is 0. The molecule has 2 nitrogen and oxygen atoms in total. The first-order valence-corrected chi connectivity index (χ1v) is 6.43. The van der Waals surface area contributed by atoms with Crippen LogP contribution in [0.25, 0.3) is 10.2 Å². The summed E-state index contributed by atoms with van der Waals surface area (Å²) in [6, 6.07) is 5.93. The molecule has 0 atom stereocenters. The molecular formula is C12H13F3N2S. The van der Waals surface area contributed by atoms with E-state index < -0.39 is 12.6 Å². The number of nitrogens with one attached hydrogen (secondary N) is 1. The highest BCUT2D eigenvalue weighted by atomic mass is 32.1. The fourth-order valence-electron chi connectivity index (χ4n) is 1.60. The third-order valence-electron chi connectivity index (χ3n) is 2.46. The van der Waals surface area contributed by atoms with Crippen molar-refractivity contribution < 1.29 is 13.2 Å². The molecule has 2 rings (SSSR count). The predicted molar refractivity (Wildman–Crippen MR) is 68.1 cm³/mol. The third kappa shape index (κ3) is 3.60. The Morgan fingerprint density at radius 3 is 2.83 bits per heavy atom. The van der Waals surface area contributed by atoms with Gasteiger partial charge >= 0.3 is 6.18 Å². The van der Waals surface area contributed by atoms with E-state index in [9.17, 15) is 13.2 Å². The lowest BCUT2D eigenvalue weighted by molar-refractivity contribution is -0.134. The van der Waals surface area contributed by atoms with Crippen LogP contribution in [0, 0.1) is 6.92 Å². The molecule has 0 bridgehead atoms. The summed E-state index contributed by atoms with van der Waals surface area (Å²) in [7, 11) is 0. The van der Waals surface area contributed by atoms with Crippen LogP contribution in [0.15, 0.2) is 18.2 Å². The summed E-state index contributed by atoms with van der Waals surface area (Å²) in [6.45, 7) is 2.27. The summed E-state index contributed by atoms with van der Waals surface area (Å²) < 4.78 is 36.9. The predicted octanol–water partition coefficient (Wildman–Crippen LogP) is 4.36. The fraction of sp³-hybridized carbons (Fsp3) is 0.417. The van der Waals surface area contributed by atoms with E-state index in [2.05, 4.69) is 10.3 Å². The van der Waals surface area contributed by atoms with E-state index in [1.807, 2.05) is 25.1 Å². The first kappa shape index (κ1) is 13.1. The summed E-state index contributed by atoms with van der Waals surface area (Å²) in [5.41, 5.74) is 2.01. The fourth-order valence-corrected chi connectivity index (χ4v) is 2.47. The second kappa shape index (κ2) is 5.14. The van der Waals surface area contributed by atoms with Crippen LogP contribution < -0.4 is 5.32 Å². The average molecular weight is 274 g/mol. The number of halogens is 3. The Morgan fingerprint density at radius 1 is 1.33 bits per heavy atom. The number of aryl methyl sites for hydroxylation is 1.